The lowest BCUT2D eigenvalue weighted by Crippen LogP contribution is -2.14. The van der Waals surface area contributed by atoms with Crippen LogP contribution in [0.15, 0.2) is 52.3 Å². The minimum Gasteiger partial charge on any atom is -0.495 e. The van der Waals surface area contributed by atoms with E-state index < -0.39 is 10.0 Å². The lowest BCUT2D eigenvalue weighted by molar-refractivity contribution is 0.403. The van der Waals surface area contributed by atoms with Gasteiger partial charge in [0.05, 0.1) is 7.11 Å². The summed E-state index contributed by atoms with van der Waals surface area (Å²) < 4.78 is 32.5. The van der Waals surface area contributed by atoms with Crippen LogP contribution in [0.1, 0.15) is 0 Å². The van der Waals surface area contributed by atoms with Gasteiger partial charge in [0.15, 0.2) is 0 Å². The molecule has 0 spiro atoms. The van der Waals surface area contributed by atoms with Crippen molar-refractivity contribution in [2.45, 2.75) is 9.79 Å². The number of benzene rings is 2. The van der Waals surface area contributed by atoms with Crippen LogP contribution in [0.25, 0.3) is 0 Å². The summed E-state index contributed by atoms with van der Waals surface area (Å²) >= 11 is 7.46. The average molecular weight is 344 g/mol. The molecule has 0 bridgehead atoms. The fourth-order valence-corrected chi connectivity index (χ4v) is 3.63. The van der Waals surface area contributed by atoms with Crippen LogP contribution in [0.4, 0.5) is 5.69 Å². The molecule has 2 aromatic rings. The van der Waals surface area contributed by atoms with Gasteiger partial charge in [0.2, 0.25) is 0 Å². The Kier molecular flexibility index (Phi) is 5.03. The molecule has 0 aliphatic heterocycles. The monoisotopic (exact) mass is 343 g/mol. The smallest absolute Gasteiger partial charge is 0.265 e. The van der Waals surface area contributed by atoms with Gasteiger partial charge in [0.1, 0.15) is 10.6 Å². The lowest BCUT2D eigenvalue weighted by atomic mass is 10.3. The number of anilines is 1. The highest BCUT2D eigenvalue weighted by molar-refractivity contribution is 7.98. The average Bonchev–Trinajstić information content (AvgIpc) is 2.47. The van der Waals surface area contributed by atoms with Crippen molar-refractivity contribution >= 4 is 39.1 Å². The van der Waals surface area contributed by atoms with Crippen LogP contribution in [0.3, 0.4) is 0 Å². The molecular weight excluding hydrogens is 330 g/mol. The largest absolute Gasteiger partial charge is 0.495 e. The molecule has 0 heterocycles. The van der Waals surface area contributed by atoms with Crippen LogP contribution in [0, 0.1) is 0 Å². The zero-order valence-electron chi connectivity index (χ0n) is 11.5. The maximum atomic E-state index is 12.4. The molecule has 112 valence electrons. The number of methoxy groups -OCH3 is 1. The van der Waals surface area contributed by atoms with Gasteiger partial charge in [-0.15, -0.1) is 11.8 Å². The summed E-state index contributed by atoms with van der Waals surface area (Å²) in [6.45, 7) is 0. The molecule has 0 radical (unpaired) electrons. The van der Waals surface area contributed by atoms with Crippen LogP contribution in [0.5, 0.6) is 5.75 Å². The van der Waals surface area contributed by atoms with Crippen molar-refractivity contribution < 1.29 is 13.2 Å². The van der Waals surface area contributed by atoms with E-state index >= 15 is 0 Å². The first kappa shape index (κ1) is 16.0. The molecule has 0 amide bonds. The van der Waals surface area contributed by atoms with Crippen LogP contribution < -0.4 is 9.46 Å². The second kappa shape index (κ2) is 6.60. The molecule has 0 aromatic heterocycles. The molecule has 0 aliphatic rings. The third kappa shape index (κ3) is 3.84. The Morgan fingerprint density at radius 2 is 1.81 bits per heavy atom. The van der Waals surface area contributed by atoms with Gasteiger partial charge in [-0.3, -0.25) is 4.72 Å². The summed E-state index contributed by atoms with van der Waals surface area (Å²) in [5, 5.41) is 0.328. The Balaban J connectivity index is 2.35. The second-order valence-electron chi connectivity index (χ2n) is 4.13. The molecule has 21 heavy (non-hydrogen) atoms. The highest BCUT2D eigenvalue weighted by atomic mass is 35.5. The van der Waals surface area contributed by atoms with Gasteiger partial charge < -0.3 is 4.74 Å². The maximum absolute atomic E-state index is 12.4. The molecule has 2 rings (SSSR count). The number of rotatable bonds is 5. The van der Waals surface area contributed by atoms with Crippen molar-refractivity contribution in [3.05, 3.63) is 47.5 Å². The van der Waals surface area contributed by atoms with Crippen LogP contribution in [-0.2, 0) is 10.0 Å². The number of sulfonamides is 1. The molecule has 0 fully saturated rings. The molecule has 0 aliphatic carbocycles. The third-order valence-corrected chi connectivity index (χ3v) is 5.14. The van der Waals surface area contributed by atoms with E-state index in [1.54, 1.807) is 30.0 Å². The number of hydrogen-bond donors (Lipinski definition) is 1. The highest BCUT2D eigenvalue weighted by Gasteiger charge is 2.20. The Morgan fingerprint density at radius 1 is 1.14 bits per heavy atom. The summed E-state index contributed by atoms with van der Waals surface area (Å²) in [4.78, 5) is 1.06. The summed E-state index contributed by atoms with van der Waals surface area (Å²) in [7, 11) is -2.35. The minimum atomic E-state index is -3.76. The first-order valence-corrected chi connectivity index (χ1v) is 9.05. The molecule has 1 N–H and O–H groups in total. The van der Waals surface area contributed by atoms with Gasteiger partial charge in [-0.2, -0.15) is 0 Å². The Hall–Kier alpha value is -1.37. The summed E-state index contributed by atoms with van der Waals surface area (Å²) in [6, 6.07) is 11.6. The third-order valence-electron chi connectivity index (χ3n) is 2.76. The van der Waals surface area contributed by atoms with E-state index in [0.29, 0.717) is 10.7 Å². The predicted molar refractivity (Wildman–Crippen MR) is 87.0 cm³/mol. The fourth-order valence-electron chi connectivity index (χ4n) is 1.73. The number of halogens is 1. The standard InChI is InChI=1S/C14H14ClNO3S2/c1-19-13-8-3-10(15)9-14(13)21(17,18)16-11-4-6-12(20-2)7-5-11/h3-9,16H,1-2H3. The first-order chi connectivity index (χ1) is 9.96. The maximum Gasteiger partial charge on any atom is 0.265 e. The number of ether oxygens (including phenoxy) is 1. The van der Waals surface area contributed by atoms with Crippen molar-refractivity contribution in [1.82, 2.24) is 0 Å². The van der Waals surface area contributed by atoms with Crippen molar-refractivity contribution in [1.29, 1.82) is 0 Å². The Bertz CT molecular complexity index is 730. The van der Waals surface area contributed by atoms with Crippen LogP contribution >= 0.6 is 23.4 Å². The van der Waals surface area contributed by atoms with E-state index in [-0.39, 0.29) is 10.6 Å². The molecule has 0 saturated heterocycles. The Labute approximate surface area is 133 Å². The van der Waals surface area contributed by atoms with E-state index in [1.165, 1.54) is 19.2 Å². The van der Waals surface area contributed by atoms with Crippen molar-refractivity contribution in [3.63, 3.8) is 0 Å². The van der Waals surface area contributed by atoms with Gasteiger partial charge in [0, 0.05) is 15.6 Å². The van der Waals surface area contributed by atoms with Crippen LogP contribution in [0.2, 0.25) is 5.02 Å². The molecule has 7 heteroatoms. The number of hydrogen-bond acceptors (Lipinski definition) is 4. The van der Waals surface area contributed by atoms with Gasteiger partial charge in [-0.05, 0) is 48.7 Å². The van der Waals surface area contributed by atoms with E-state index in [1.807, 2.05) is 18.4 Å². The Morgan fingerprint density at radius 3 is 2.38 bits per heavy atom. The zero-order valence-corrected chi connectivity index (χ0v) is 13.8. The molecule has 0 saturated carbocycles. The van der Waals surface area contributed by atoms with Gasteiger partial charge in [0.25, 0.3) is 10.0 Å². The topological polar surface area (TPSA) is 55.4 Å². The number of nitrogens with one attached hydrogen (secondary N) is 1. The summed E-state index contributed by atoms with van der Waals surface area (Å²) in [5.74, 6) is 0.243. The van der Waals surface area contributed by atoms with E-state index in [4.69, 9.17) is 16.3 Å². The van der Waals surface area contributed by atoms with Gasteiger partial charge >= 0.3 is 0 Å². The predicted octanol–water partition coefficient (Wildman–Crippen LogP) is 3.87. The molecule has 4 nitrogen and oxygen atoms in total. The van der Waals surface area contributed by atoms with E-state index in [2.05, 4.69) is 4.72 Å². The molecule has 0 atom stereocenters. The quantitative estimate of drug-likeness (QED) is 0.837. The van der Waals surface area contributed by atoms with E-state index in [9.17, 15) is 8.42 Å². The normalized spacial score (nSPS) is 11.2. The van der Waals surface area contributed by atoms with Crippen LogP contribution in [-0.4, -0.2) is 21.8 Å². The first-order valence-electron chi connectivity index (χ1n) is 5.96. The second-order valence-corrected chi connectivity index (χ2v) is 7.10. The zero-order chi connectivity index (χ0) is 15.5. The van der Waals surface area contributed by atoms with E-state index in [0.717, 1.165) is 4.90 Å². The minimum absolute atomic E-state index is 0.00597. The van der Waals surface area contributed by atoms with Crippen molar-refractivity contribution in [2.75, 3.05) is 18.1 Å². The van der Waals surface area contributed by atoms with Crippen molar-refractivity contribution in [2.24, 2.45) is 0 Å². The lowest BCUT2D eigenvalue weighted by Gasteiger charge is -2.12. The van der Waals surface area contributed by atoms with Gasteiger partial charge in [-0.25, -0.2) is 8.42 Å². The highest BCUT2D eigenvalue weighted by Crippen LogP contribution is 2.29. The SMILES string of the molecule is COc1ccc(Cl)cc1S(=O)(=O)Nc1ccc(SC)cc1. The molecular formula is C14H14ClNO3S2. The van der Waals surface area contributed by atoms with Crippen molar-refractivity contribution in [3.8, 4) is 5.75 Å². The summed E-state index contributed by atoms with van der Waals surface area (Å²) in [5.41, 5.74) is 0.481. The molecule has 0 unspecified atom stereocenters. The number of thioether (sulfide) groups is 1. The fraction of sp³-hybridized carbons (Fsp3) is 0.143. The molecule has 2 aromatic carbocycles. The summed E-state index contributed by atoms with van der Waals surface area (Å²) in [6.07, 6.45) is 1.95. The van der Waals surface area contributed by atoms with Gasteiger partial charge in [-0.1, -0.05) is 11.6 Å².